The van der Waals surface area contributed by atoms with E-state index in [4.69, 9.17) is 0 Å². The molecule has 0 spiro atoms. The van der Waals surface area contributed by atoms with Gasteiger partial charge in [0.25, 0.3) is 0 Å². The summed E-state index contributed by atoms with van der Waals surface area (Å²) in [4.78, 5) is 4.48. The molecular formula is C14H24N2. The molecule has 0 bridgehead atoms. The van der Waals surface area contributed by atoms with Crippen LogP contribution in [0.2, 0.25) is 0 Å². The van der Waals surface area contributed by atoms with Crippen molar-refractivity contribution in [2.24, 2.45) is 5.92 Å². The Labute approximate surface area is 99.5 Å². The molecule has 2 unspecified atom stereocenters. The van der Waals surface area contributed by atoms with E-state index in [1.165, 1.54) is 24.1 Å². The van der Waals surface area contributed by atoms with Crippen molar-refractivity contribution in [3.05, 3.63) is 29.6 Å². The molecule has 1 aromatic heterocycles. The van der Waals surface area contributed by atoms with Gasteiger partial charge in [0, 0.05) is 12.2 Å². The third kappa shape index (κ3) is 3.93. The van der Waals surface area contributed by atoms with Crippen LogP contribution in [0.15, 0.2) is 18.3 Å². The van der Waals surface area contributed by atoms with E-state index in [-0.39, 0.29) is 0 Å². The highest BCUT2D eigenvalue weighted by atomic mass is 14.9. The van der Waals surface area contributed by atoms with Gasteiger partial charge in [-0.25, -0.2) is 0 Å². The van der Waals surface area contributed by atoms with Gasteiger partial charge in [0.2, 0.25) is 0 Å². The normalized spacial score (nSPS) is 14.8. The van der Waals surface area contributed by atoms with Gasteiger partial charge in [0.15, 0.2) is 0 Å². The molecule has 1 aromatic rings. The van der Waals surface area contributed by atoms with Gasteiger partial charge in [-0.2, -0.15) is 0 Å². The van der Waals surface area contributed by atoms with Crippen LogP contribution in [0.4, 0.5) is 0 Å². The zero-order valence-corrected chi connectivity index (χ0v) is 11.0. The van der Waals surface area contributed by atoms with Crippen LogP contribution < -0.4 is 5.32 Å². The Balaban J connectivity index is 2.76. The van der Waals surface area contributed by atoms with Crippen LogP contribution in [0.5, 0.6) is 0 Å². The second kappa shape index (κ2) is 6.64. The molecular weight excluding hydrogens is 196 g/mol. The summed E-state index contributed by atoms with van der Waals surface area (Å²) in [5, 5.41) is 3.53. The smallest absolute Gasteiger partial charge is 0.0575 e. The van der Waals surface area contributed by atoms with Crippen LogP contribution in [0, 0.1) is 12.8 Å². The van der Waals surface area contributed by atoms with Gasteiger partial charge < -0.3 is 5.32 Å². The number of aryl methyl sites for hydroxylation is 1. The molecule has 90 valence electrons. The fourth-order valence-electron chi connectivity index (χ4n) is 1.87. The van der Waals surface area contributed by atoms with Crippen LogP contribution in [0.1, 0.15) is 50.9 Å². The van der Waals surface area contributed by atoms with Gasteiger partial charge in [-0.3, -0.25) is 4.98 Å². The summed E-state index contributed by atoms with van der Waals surface area (Å²) in [6.45, 7) is 9.82. The maximum Gasteiger partial charge on any atom is 0.0575 e. The Bertz CT molecular complexity index is 309. The van der Waals surface area contributed by atoms with Crippen molar-refractivity contribution in [1.82, 2.24) is 10.3 Å². The molecule has 0 aliphatic rings. The lowest BCUT2D eigenvalue weighted by atomic mass is 9.96. The SMILES string of the molecule is CCNC(CC(C)CC)c1cc(C)ccn1. The summed E-state index contributed by atoms with van der Waals surface area (Å²) < 4.78 is 0. The molecule has 2 heteroatoms. The third-order valence-electron chi connectivity index (χ3n) is 3.08. The fourth-order valence-corrected chi connectivity index (χ4v) is 1.87. The van der Waals surface area contributed by atoms with Crippen LogP contribution in [0.3, 0.4) is 0 Å². The van der Waals surface area contributed by atoms with Crippen LogP contribution in [-0.2, 0) is 0 Å². The van der Waals surface area contributed by atoms with Crippen molar-refractivity contribution < 1.29 is 0 Å². The summed E-state index contributed by atoms with van der Waals surface area (Å²) in [6, 6.07) is 4.64. The number of nitrogens with one attached hydrogen (secondary N) is 1. The fraction of sp³-hybridized carbons (Fsp3) is 0.643. The van der Waals surface area contributed by atoms with E-state index in [1.54, 1.807) is 0 Å². The molecule has 1 N–H and O–H groups in total. The van der Waals surface area contributed by atoms with E-state index < -0.39 is 0 Å². The molecule has 1 rings (SSSR count). The Morgan fingerprint density at radius 1 is 1.38 bits per heavy atom. The number of aromatic nitrogens is 1. The first-order valence-corrected chi connectivity index (χ1v) is 6.33. The van der Waals surface area contributed by atoms with Crippen molar-refractivity contribution in [3.63, 3.8) is 0 Å². The lowest BCUT2D eigenvalue weighted by Crippen LogP contribution is -2.23. The standard InChI is InChI=1S/C14H24N2/c1-5-11(3)9-13(15-6-2)14-10-12(4)7-8-16-14/h7-8,10-11,13,15H,5-6,9H2,1-4H3. The largest absolute Gasteiger partial charge is 0.309 e. The van der Waals surface area contributed by atoms with E-state index >= 15 is 0 Å². The van der Waals surface area contributed by atoms with Crippen molar-refractivity contribution in [1.29, 1.82) is 0 Å². The first kappa shape index (κ1) is 13.2. The molecule has 0 radical (unpaired) electrons. The molecule has 1 heterocycles. The van der Waals surface area contributed by atoms with Crippen molar-refractivity contribution in [3.8, 4) is 0 Å². The first-order chi connectivity index (χ1) is 7.67. The molecule has 2 nitrogen and oxygen atoms in total. The van der Waals surface area contributed by atoms with Gasteiger partial charge in [0.1, 0.15) is 0 Å². The Kier molecular flexibility index (Phi) is 5.47. The van der Waals surface area contributed by atoms with Gasteiger partial charge in [-0.05, 0) is 43.5 Å². The summed E-state index contributed by atoms with van der Waals surface area (Å²) in [7, 11) is 0. The van der Waals surface area contributed by atoms with Gasteiger partial charge in [0.05, 0.1) is 5.69 Å². The maximum absolute atomic E-state index is 4.48. The van der Waals surface area contributed by atoms with Crippen molar-refractivity contribution in [2.75, 3.05) is 6.54 Å². The molecule has 0 aliphatic carbocycles. The Morgan fingerprint density at radius 2 is 2.12 bits per heavy atom. The van der Waals surface area contributed by atoms with Gasteiger partial charge in [-0.15, -0.1) is 0 Å². The predicted octanol–water partition coefficient (Wildman–Crippen LogP) is 3.48. The average Bonchev–Trinajstić information content (AvgIpc) is 2.28. The zero-order chi connectivity index (χ0) is 12.0. The minimum Gasteiger partial charge on any atom is -0.309 e. The van der Waals surface area contributed by atoms with Gasteiger partial charge >= 0.3 is 0 Å². The van der Waals surface area contributed by atoms with Gasteiger partial charge in [-0.1, -0.05) is 27.2 Å². The van der Waals surface area contributed by atoms with E-state index in [1.807, 2.05) is 6.20 Å². The number of rotatable bonds is 6. The second-order valence-corrected chi connectivity index (χ2v) is 4.62. The van der Waals surface area contributed by atoms with Crippen LogP contribution in [-0.4, -0.2) is 11.5 Å². The molecule has 0 fully saturated rings. The van der Waals surface area contributed by atoms with E-state index in [9.17, 15) is 0 Å². The minimum atomic E-state index is 0.403. The topological polar surface area (TPSA) is 24.9 Å². The number of pyridine rings is 1. The van der Waals surface area contributed by atoms with Crippen molar-refractivity contribution in [2.45, 2.75) is 46.6 Å². The summed E-state index contributed by atoms with van der Waals surface area (Å²) in [6.07, 6.45) is 4.31. The monoisotopic (exact) mass is 220 g/mol. The van der Waals surface area contributed by atoms with E-state index in [2.05, 4.69) is 50.1 Å². The maximum atomic E-state index is 4.48. The first-order valence-electron chi connectivity index (χ1n) is 6.33. The van der Waals surface area contributed by atoms with E-state index in [0.717, 1.165) is 12.5 Å². The molecule has 0 saturated heterocycles. The number of nitrogens with zero attached hydrogens (tertiary/aromatic N) is 1. The highest BCUT2D eigenvalue weighted by Crippen LogP contribution is 2.21. The van der Waals surface area contributed by atoms with Crippen molar-refractivity contribution >= 4 is 0 Å². The summed E-state index contributed by atoms with van der Waals surface area (Å²) in [5.74, 6) is 0.742. The second-order valence-electron chi connectivity index (χ2n) is 4.62. The minimum absolute atomic E-state index is 0.403. The molecule has 0 amide bonds. The lowest BCUT2D eigenvalue weighted by Gasteiger charge is -2.21. The molecule has 0 saturated carbocycles. The Hall–Kier alpha value is -0.890. The van der Waals surface area contributed by atoms with E-state index in [0.29, 0.717) is 6.04 Å². The summed E-state index contributed by atoms with van der Waals surface area (Å²) in [5.41, 5.74) is 2.47. The third-order valence-corrected chi connectivity index (χ3v) is 3.08. The number of hydrogen-bond acceptors (Lipinski definition) is 2. The molecule has 2 atom stereocenters. The predicted molar refractivity (Wildman–Crippen MR) is 69.5 cm³/mol. The highest BCUT2D eigenvalue weighted by Gasteiger charge is 2.14. The summed E-state index contributed by atoms with van der Waals surface area (Å²) >= 11 is 0. The molecule has 0 aliphatic heterocycles. The molecule has 16 heavy (non-hydrogen) atoms. The average molecular weight is 220 g/mol. The zero-order valence-electron chi connectivity index (χ0n) is 11.0. The quantitative estimate of drug-likeness (QED) is 0.794. The number of hydrogen-bond donors (Lipinski definition) is 1. The molecule has 0 aromatic carbocycles. The lowest BCUT2D eigenvalue weighted by molar-refractivity contribution is 0.402. The van der Waals surface area contributed by atoms with Crippen LogP contribution >= 0.6 is 0 Å². The Morgan fingerprint density at radius 3 is 2.69 bits per heavy atom. The van der Waals surface area contributed by atoms with Crippen LogP contribution in [0.25, 0.3) is 0 Å². The highest BCUT2D eigenvalue weighted by molar-refractivity contribution is 5.17.